The number of nitrogens with zero attached hydrogens (tertiary/aromatic N) is 4. The van der Waals surface area contributed by atoms with Crippen LogP contribution in [-0.2, 0) is 10.8 Å². The monoisotopic (exact) mass is 796 g/mol. The Labute approximate surface area is 359 Å². The minimum absolute atomic E-state index is 0.0673. The lowest BCUT2D eigenvalue weighted by atomic mass is 9.63. The van der Waals surface area contributed by atoms with E-state index in [0.29, 0.717) is 5.95 Å². The summed E-state index contributed by atoms with van der Waals surface area (Å²) < 4.78 is 4.86. The fraction of sp³-hybridized carbons (Fsp3) is 0.138. The molecule has 12 aromatic rings. The molecule has 1 aliphatic rings. The van der Waals surface area contributed by atoms with Crippen molar-refractivity contribution in [1.82, 2.24) is 19.1 Å². The summed E-state index contributed by atoms with van der Waals surface area (Å²) in [6.07, 6.45) is 2.33. The first-order chi connectivity index (χ1) is 30.2. The average molecular weight is 797 g/mol. The molecule has 0 fully saturated rings. The van der Waals surface area contributed by atoms with Crippen LogP contribution in [-0.4, -0.2) is 19.1 Å². The summed E-state index contributed by atoms with van der Waals surface area (Å²) >= 11 is 0. The first-order valence-corrected chi connectivity index (χ1v) is 22.0. The Morgan fingerprint density at radius 2 is 0.968 bits per heavy atom. The van der Waals surface area contributed by atoms with Crippen LogP contribution >= 0.6 is 0 Å². The highest BCUT2D eigenvalue weighted by atomic mass is 15.2. The van der Waals surface area contributed by atoms with Crippen LogP contribution in [0.5, 0.6) is 0 Å². The van der Waals surface area contributed by atoms with Crippen molar-refractivity contribution in [1.29, 1.82) is 0 Å². The molecule has 1 aliphatic carbocycles. The molecule has 3 heterocycles. The molecule has 0 amide bonds. The largest absolute Gasteiger partial charge is 0.309 e. The number of hydrogen-bond donors (Lipinski definition) is 0. The molecule has 0 unspecified atom stereocenters. The quantitative estimate of drug-likeness (QED) is 0.167. The molecule has 0 saturated heterocycles. The number of hydrogen-bond acceptors (Lipinski definition) is 2. The van der Waals surface area contributed by atoms with Crippen molar-refractivity contribution in [2.75, 3.05) is 0 Å². The van der Waals surface area contributed by atoms with Crippen LogP contribution in [0, 0.1) is 0 Å². The minimum atomic E-state index is 0.0673. The lowest BCUT2D eigenvalue weighted by Gasteiger charge is -2.42. The molecule has 0 N–H and O–H groups in total. The summed E-state index contributed by atoms with van der Waals surface area (Å²) in [5.41, 5.74) is 11.8. The van der Waals surface area contributed by atoms with Crippen LogP contribution in [0.15, 0.2) is 170 Å². The van der Waals surface area contributed by atoms with Crippen molar-refractivity contribution in [3.8, 4) is 22.9 Å². The summed E-state index contributed by atoms with van der Waals surface area (Å²) in [6, 6.07) is 62.4. The van der Waals surface area contributed by atoms with Crippen LogP contribution in [0.1, 0.15) is 51.7 Å². The van der Waals surface area contributed by atoms with Crippen molar-refractivity contribution >= 4 is 86.8 Å². The smallest absolute Gasteiger partial charge is 0.235 e. The minimum Gasteiger partial charge on any atom is -0.309 e. The zero-order valence-electron chi connectivity index (χ0n) is 35.4. The van der Waals surface area contributed by atoms with Crippen molar-refractivity contribution < 1.29 is 0 Å². The third-order valence-electron chi connectivity index (χ3n) is 14.4. The fourth-order valence-corrected chi connectivity index (χ4v) is 11.0. The molecule has 0 aliphatic heterocycles. The van der Waals surface area contributed by atoms with Gasteiger partial charge in [-0.25, -0.2) is 9.97 Å². The predicted molar refractivity (Wildman–Crippen MR) is 261 cm³/mol. The van der Waals surface area contributed by atoms with Gasteiger partial charge in [-0.05, 0) is 110 Å². The van der Waals surface area contributed by atoms with E-state index in [4.69, 9.17) is 9.97 Å². The van der Waals surface area contributed by atoms with E-state index in [1.165, 1.54) is 71.7 Å². The molecule has 296 valence electrons. The summed E-state index contributed by atoms with van der Waals surface area (Å²) in [6.45, 7) is 9.71. The maximum atomic E-state index is 5.69. The molecule has 3 aromatic heterocycles. The van der Waals surface area contributed by atoms with Crippen molar-refractivity contribution in [2.45, 2.75) is 51.4 Å². The zero-order valence-corrected chi connectivity index (χ0v) is 35.4. The van der Waals surface area contributed by atoms with E-state index >= 15 is 0 Å². The number of fused-ring (bicyclic) bond motifs is 13. The molecule has 0 spiro atoms. The van der Waals surface area contributed by atoms with Gasteiger partial charge in [-0.3, -0.25) is 4.57 Å². The second-order valence-electron chi connectivity index (χ2n) is 18.8. The topological polar surface area (TPSA) is 35.6 Å². The Balaban J connectivity index is 1.22. The van der Waals surface area contributed by atoms with Gasteiger partial charge in [-0.1, -0.05) is 149 Å². The van der Waals surface area contributed by atoms with Gasteiger partial charge in [-0.2, -0.15) is 0 Å². The van der Waals surface area contributed by atoms with Crippen molar-refractivity contribution in [2.24, 2.45) is 0 Å². The standard InChI is InChI=1S/C58H44N4/c1-57(2)29-30-58(3,4)48-34-52-44(31-47(48)57)45-32-51-46(33-50(45)61(52)38-19-6-5-7-20-38)53-40-22-12-9-16-36(40)26-28-49(53)62(51)56-59-54-41-23-13-10-17-37(41)25-27-43(54)55(60-56)42-24-14-18-35-15-8-11-21-39(35)42/h5-28,31-34H,29-30H2,1-4H3. The molecule has 13 rings (SSSR count). The third kappa shape index (κ3) is 4.95. The lowest BCUT2D eigenvalue weighted by molar-refractivity contribution is 0.332. The van der Waals surface area contributed by atoms with Crippen LogP contribution in [0.4, 0.5) is 0 Å². The Morgan fingerprint density at radius 1 is 0.403 bits per heavy atom. The van der Waals surface area contributed by atoms with E-state index in [2.05, 4.69) is 207 Å². The van der Waals surface area contributed by atoms with Crippen LogP contribution in [0.25, 0.3) is 110 Å². The Kier molecular flexibility index (Phi) is 7.22. The normalized spacial score (nSPS) is 14.9. The van der Waals surface area contributed by atoms with E-state index in [1.807, 2.05) is 0 Å². The zero-order chi connectivity index (χ0) is 41.5. The van der Waals surface area contributed by atoms with E-state index in [0.717, 1.165) is 56.1 Å². The molecule has 0 atom stereocenters. The number of aromatic nitrogens is 4. The highest BCUT2D eigenvalue weighted by Crippen LogP contribution is 2.50. The van der Waals surface area contributed by atoms with Gasteiger partial charge in [0.1, 0.15) is 0 Å². The molecule has 4 heteroatoms. The number of para-hydroxylation sites is 1. The maximum Gasteiger partial charge on any atom is 0.235 e. The lowest BCUT2D eigenvalue weighted by Crippen LogP contribution is -2.33. The van der Waals surface area contributed by atoms with Gasteiger partial charge in [0.15, 0.2) is 0 Å². The Morgan fingerprint density at radius 3 is 1.74 bits per heavy atom. The van der Waals surface area contributed by atoms with Crippen LogP contribution in [0.2, 0.25) is 0 Å². The van der Waals surface area contributed by atoms with E-state index in [1.54, 1.807) is 0 Å². The average Bonchev–Trinajstić information content (AvgIpc) is 3.80. The molecular formula is C58H44N4. The predicted octanol–water partition coefficient (Wildman–Crippen LogP) is 15.3. The molecule has 0 radical (unpaired) electrons. The van der Waals surface area contributed by atoms with Gasteiger partial charge >= 0.3 is 0 Å². The number of rotatable bonds is 3. The van der Waals surface area contributed by atoms with Gasteiger partial charge < -0.3 is 4.57 Å². The highest BCUT2D eigenvalue weighted by molar-refractivity contribution is 6.25. The van der Waals surface area contributed by atoms with E-state index in [-0.39, 0.29) is 10.8 Å². The van der Waals surface area contributed by atoms with Crippen LogP contribution < -0.4 is 0 Å². The Hall–Kier alpha value is -7.30. The Bertz CT molecular complexity index is 3860. The number of benzene rings is 9. The van der Waals surface area contributed by atoms with E-state index < -0.39 is 0 Å². The summed E-state index contributed by atoms with van der Waals surface area (Å²) in [7, 11) is 0. The SMILES string of the molecule is CC1(C)CCC(C)(C)c2cc3c(cc21)c1cc2c(cc1n3-c1ccccc1)c1c3ccccc3ccc1n2-c1nc(-c2cccc3ccccc23)c2ccc3ccccc3c2n1. The van der Waals surface area contributed by atoms with Gasteiger partial charge in [-0.15, -0.1) is 0 Å². The van der Waals surface area contributed by atoms with Gasteiger partial charge in [0, 0.05) is 43.6 Å². The van der Waals surface area contributed by atoms with E-state index in [9.17, 15) is 0 Å². The molecule has 4 nitrogen and oxygen atoms in total. The van der Waals surface area contributed by atoms with Gasteiger partial charge in [0.25, 0.3) is 0 Å². The van der Waals surface area contributed by atoms with Crippen molar-refractivity contribution in [3.63, 3.8) is 0 Å². The first-order valence-electron chi connectivity index (χ1n) is 22.0. The van der Waals surface area contributed by atoms with Gasteiger partial charge in [0.2, 0.25) is 5.95 Å². The van der Waals surface area contributed by atoms with Crippen molar-refractivity contribution in [3.05, 3.63) is 181 Å². The van der Waals surface area contributed by atoms with Gasteiger partial charge in [0.05, 0.1) is 33.3 Å². The summed E-state index contributed by atoms with van der Waals surface area (Å²) in [4.78, 5) is 11.3. The highest BCUT2D eigenvalue weighted by Gasteiger charge is 2.38. The second kappa shape index (κ2) is 12.6. The molecule has 0 bridgehead atoms. The van der Waals surface area contributed by atoms with Crippen LogP contribution in [0.3, 0.4) is 0 Å². The third-order valence-corrected chi connectivity index (χ3v) is 14.4. The summed E-state index contributed by atoms with van der Waals surface area (Å²) in [5, 5.41) is 13.0. The maximum absolute atomic E-state index is 5.69. The molecule has 0 saturated carbocycles. The first kappa shape index (κ1) is 35.5. The molecule has 9 aromatic carbocycles. The molecule has 62 heavy (non-hydrogen) atoms. The molecular weight excluding hydrogens is 753 g/mol. The second-order valence-corrected chi connectivity index (χ2v) is 18.8. The fourth-order valence-electron chi connectivity index (χ4n) is 11.0. The summed E-state index contributed by atoms with van der Waals surface area (Å²) in [5.74, 6) is 0.665.